The molecule has 1 saturated heterocycles. The van der Waals surface area contributed by atoms with Crippen LogP contribution in [0.3, 0.4) is 0 Å². The average molecular weight is 413 g/mol. The predicted octanol–water partition coefficient (Wildman–Crippen LogP) is 5.36. The van der Waals surface area contributed by atoms with Crippen molar-refractivity contribution in [3.8, 4) is 0 Å². The Labute approximate surface area is 181 Å². The fourth-order valence-corrected chi connectivity index (χ4v) is 4.57. The molecule has 2 heterocycles. The summed E-state index contributed by atoms with van der Waals surface area (Å²) in [5.74, 6) is 0.787. The Balaban J connectivity index is 1.52. The molecule has 1 fully saturated rings. The number of fused-ring (bicyclic) bond motifs is 1. The Bertz CT molecular complexity index is 1280. The fraction of sp³-hybridized carbons (Fsp3) is 0.231. The Morgan fingerprint density at radius 2 is 1.81 bits per heavy atom. The molecule has 4 nitrogen and oxygen atoms in total. The van der Waals surface area contributed by atoms with Gasteiger partial charge in [-0.1, -0.05) is 42.0 Å². The summed E-state index contributed by atoms with van der Waals surface area (Å²) >= 11 is 0. The molecule has 1 aromatic heterocycles. The van der Waals surface area contributed by atoms with Crippen molar-refractivity contribution >= 4 is 22.6 Å². The number of benzene rings is 3. The first-order valence-electron chi connectivity index (χ1n) is 10.6. The molecule has 5 heteroatoms. The van der Waals surface area contributed by atoms with Crippen molar-refractivity contribution < 1.29 is 9.18 Å². The number of carbonyl (C=O) groups is 1. The summed E-state index contributed by atoms with van der Waals surface area (Å²) in [5.41, 5.74) is 6.20. The minimum absolute atomic E-state index is 0.000974. The van der Waals surface area contributed by atoms with E-state index < -0.39 is 0 Å². The fourth-order valence-electron chi connectivity index (χ4n) is 4.57. The van der Waals surface area contributed by atoms with Crippen molar-refractivity contribution in [3.05, 3.63) is 95.1 Å². The molecule has 5 rings (SSSR count). The predicted molar refractivity (Wildman–Crippen MR) is 121 cm³/mol. The summed E-state index contributed by atoms with van der Waals surface area (Å²) in [7, 11) is 0. The van der Waals surface area contributed by atoms with Crippen LogP contribution in [0.2, 0.25) is 0 Å². The highest BCUT2D eigenvalue weighted by Gasteiger charge is 2.35. The highest BCUT2D eigenvalue weighted by atomic mass is 19.1. The number of carbonyl (C=O) groups excluding carboxylic acids is 1. The third kappa shape index (κ3) is 3.61. The molecule has 0 spiro atoms. The van der Waals surface area contributed by atoms with Crippen LogP contribution in [0, 0.1) is 19.7 Å². The smallest absolute Gasteiger partial charge is 0.227 e. The standard InChI is InChI=1S/C26H24FN3O/c1-17-7-12-23(18(2)13-17)29-16-20(14-25(29)31)26-28-22-5-3-4-6-24(22)30(26)15-19-8-10-21(27)11-9-19/h3-13,20H,14-16H2,1-2H3/t20-/m1/s1. The third-order valence-corrected chi connectivity index (χ3v) is 6.07. The number of aryl methyl sites for hydroxylation is 2. The molecule has 3 aromatic carbocycles. The van der Waals surface area contributed by atoms with Crippen molar-refractivity contribution in [2.45, 2.75) is 32.7 Å². The monoisotopic (exact) mass is 413 g/mol. The van der Waals surface area contributed by atoms with Gasteiger partial charge < -0.3 is 9.47 Å². The first-order chi connectivity index (χ1) is 15.0. The van der Waals surface area contributed by atoms with Gasteiger partial charge in [-0.15, -0.1) is 0 Å². The van der Waals surface area contributed by atoms with Crippen molar-refractivity contribution in [1.82, 2.24) is 9.55 Å². The van der Waals surface area contributed by atoms with E-state index in [1.54, 1.807) is 12.1 Å². The van der Waals surface area contributed by atoms with Gasteiger partial charge in [0, 0.05) is 31.1 Å². The lowest BCUT2D eigenvalue weighted by atomic mass is 10.1. The van der Waals surface area contributed by atoms with E-state index >= 15 is 0 Å². The van der Waals surface area contributed by atoms with Crippen LogP contribution in [-0.4, -0.2) is 22.0 Å². The summed E-state index contributed by atoms with van der Waals surface area (Å²) in [6.07, 6.45) is 0.431. The second-order valence-electron chi connectivity index (χ2n) is 8.37. The number of rotatable bonds is 4. The lowest BCUT2D eigenvalue weighted by molar-refractivity contribution is -0.117. The van der Waals surface area contributed by atoms with Crippen LogP contribution in [0.15, 0.2) is 66.7 Å². The van der Waals surface area contributed by atoms with Gasteiger partial charge in [0.05, 0.1) is 11.0 Å². The van der Waals surface area contributed by atoms with Gasteiger partial charge in [-0.05, 0) is 55.3 Å². The van der Waals surface area contributed by atoms with Crippen LogP contribution in [0.5, 0.6) is 0 Å². The van der Waals surface area contributed by atoms with E-state index in [4.69, 9.17) is 4.98 Å². The molecule has 1 atom stereocenters. The average Bonchev–Trinajstić information content (AvgIpc) is 3.30. The SMILES string of the molecule is Cc1ccc(N2C[C@H](c3nc4ccccc4n3Cc3ccc(F)cc3)CC2=O)c(C)c1. The Morgan fingerprint density at radius 1 is 1.03 bits per heavy atom. The number of imidazole rings is 1. The highest BCUT2D eigenvalue weighted by Crippen LogP contribution is 2.35. The van der Waals surface area contributed by atoms with E-state index in [2.05, 4.69) is 17.6 Å². The maximum Gasteiger partial charge on any atom is 0.227 e. The number of anilines is 1. The number of hydrogen-bond acceptors (Lipinski definition) is 2. The maximum atomic E-state index is 13.4. The van der Waals surface area contributed by atoms with E-state index in [1.165, 1.54) is 17.7 Å². The minimum Gasteiger partial charge on any atom is -0.323 e. The summed E-state index contributed by atoms with van der Waals surface area (Å²) in [6.45, 7) is 5.30. The summed E-state index contributed by atoms with van der Waals surface area (Å²) in [4.78, 5) is 19.8. The van der Waals surface area contributed by atoms with Crippen LogP contribution in [0.1, 0.15) is 34.9 Å². The van der Waals surface area contributed by atoms with E-state index in [9.17, 15) is 9.18 Å². The summed E-state index contributed by atoms with van der Waals surface area (Å²) < 4.78 is 15.6. The highest BCUT2D eigenvalue weighted by molar-refractivity contribution is 5.97. The zero-order valence-electron chi connectivity index (χ0n) is 17.7. The van der Waals surface area contributed by atoms with Crippen LogP contribution >= 0.6 is 0 Å². The van der Waals surface area contributed by atoms with Crippen LogP contribution in [-0.2, 0) is 11.3 Å². The quantitative estimate of drug-likeness (QED) is 0.452. The van der Waals surface area contributed by atoms with Crippen LogP contribution < -0.4 is 4.90 Å². The molecular formula is C26H24FN3O. The molecule has 156 valence electrons. The zero-order chi connectivity index (χ0) is 21.5. The molecule has 1 aliphatic rings. The van der Waals surface area contributed by atoms with E-state index in [0.29, 0.717) is 19.5 Å². The van der Waals surface area contributed by atoms with Crippen LogP contribution in [0.25, 0.3) is 11.0 Å². The Morgan fingerprint density at radius 3 is 2.58 bits per heavy atom. The number of amides is 1. The van der Waals surface area contributed by atoms with Gasteiger partial charge in [0.15, 0.2) is 0 Å². The molecular weight excluding hydrogens is 389 g/mol. The molecule has 0 N–H and O–H groups in total. The van der Waals surface area contributed by atoms with E-state index in [0.717, 1.165) is 33.7 Å². The molecule has 0 unspecified atom stereocenters. The molecule has 1 amide bonds. The largest absolute Gasteiger partial charge is 0.323 e. The number of para-hydroxylation sites is 2. The van der Waals surface area contributed by atoms with Crippen molar-refractivity contribution in [1.29, 1.82) is 0 Å². The zero-order valence-corrected chi connectivity index (χ0v) is 17.7. The van der Waals surface area contributed by atoms with Gasteiger partial charge in [-0.3, -0.25) is 4.79 Å². The van der Waals surface area contributed by atoms with Gasteiger partial charge in [-0.25, -0.2) is 9.37 Å². The van der Waals surface area contributed by atoms with Gasteiger partial charge in [0.1, 0.15) is 11.6 Å². The van der Waals surface area contributed by atoms with Crippen molar-refractivity contribution in [2.24, 2.45) is 0 Å². The molecule has 0 saturated carbocycles. The molecule has 0 bridgehead atoms. The first-order valence-corrected chi connectivity index (χ1v) is 10.6. The number of aromatic nitrogens is 2. The number of hydrogen-bond donors (Lipinski definition) is 0. The van der Waals surface area contributed by atoms with Crippen LogP contribution in [0.4, 0.5) is 10.1 Å². The second kappa shape index (κ2) is 7.65. The second-order valence-corrected chi connectivity index (χ2v) is 8.37. The van der Waals surface area contributed by atoms with Gasteiger partial charge in [0.2, 0.25) is 5.91 Å². The number of halogens is 1. The maximum absolute atomic E-state index is 13.4. The normalized spacial score (nSPS) is 16.4. The first kappa shape index (κ1) is 19.5. The van der Waals surface area contributed by atoms with Gasteiger partial charge in [-0.2, -0.15) is 0 Å². The molecule has 31 heavy (non-hydrogen) atoms. The van der Waals surface area contributed by atoms with Gasteiger partial charge >= 0.3 is 0 Å². The minimum atomic E-state index is -0.245. The topological polar surface area (TPSA) is 38.1 Å². The third-order valence-electron chi connectivity index (χ3n) is 6.07. The Hall–Kier alpha value is -3.47. The lowest BCUT2D eigenvalue weighted by Gasteiger charge is -2.20. The van der Waals surface area contributed by atoms with E-state index in [1.807, 2.05) is 48.2 Å². The van der Waals surface area contributed by atoms with Gasteiger partial charge in [0.25, 0.3) is 0 Å². The molecule has 1 aliphatic heterocycles. The summed E-state index contributed by atoms with van der Waals surface area (Å²) in [5, 5.41) is 0. The molecule has 0 radical (unpaired) electrons. The van der Waals surface area contributed by atoms with Crippen molar-refractivity contribution in [2.75, 3.05) is 11.4 Å². The Kier molecular flexibility index (Phi) is 4.81. The molecule has 0 aliphatic carbocycles. The number of nitrogens with zero attached hydrogens (tertiary/aromatic N) is 3. The van der Waals surface area contributed by atoms with E-state index in [-0.39, 0.29) is 17.6 Å². The lowest BCUT2D eigenvalue weighted by Crippen LogP contribution is -2.25. The van der Waals surface area contributed by atoms with Crippen molar-refractivity contribution in [3.63, 3.8) is 0 Å². The molecule has 4 aromatic rings. The summed E-state index contributed by atoms with van der Waals surface area (Å²) in [6, 6.07) is 20.8.